The van der Waals surface area contributed by atoms with E-state index >= 15 is 0 Å². The lowest BCUT2D eigenvalue weighted by atomic mass is 10.1. The Morgan fingerprint density at radius 1 is 1.33 bits per heavy atom. The molecular weight excluding hydrogens is 232 g/mol. The van der Waals surface area contributed by atoms with Crippen molar-refractivity contribution in [2.24, 2.45) is 0 Å². The minimum atomic E-state index is 0.109. The van der Waals surface area contributed by atoms with Crippen LogP contribution in [0.3, 0.4) is 0 Å². The third kappa shape index (κ3) is 2.92. The first-order valence-corrected chi connectivity index (χ1v) is 6.04. The number of piperazine rings is 1. The Morgan fingerprint density at radius 3 is 2.83 bits per heavy atom. The van der Waals surface area contributed by atoms with Gasteiger partial charge in [0.1, 0.15) is 18.0 Å². The highest BCUT2D eigenvalue weighted by Crippen LogP contribution is 2.23. The van der Waals surface area contributed by atoms with E-state index in [0.29, 0.717) is 6.54 Å². The quantitative estimate of drug-likeness (QED) is 0.738. The number of methoxy groups -OCH3 is 2. The summed E-state index contributed by atoms with van der Waals surface area (Å²) in [7, 11) is 3.30. The Morgan fingerprint density at radius 2 is 2.17 bits per heavy atom. The Balaban J connectivity index is 2.13. The Kier molecular flexibility index (Phi) is 4.04. The highest BCUT2D eigenvalue weighted by molar-refractivity contribution is 5.77. The lowest BCUT2D eigenvalue weighted by molar-refractivity contribution is -0.907. The molecule has 0 aliphatic carbocycles. The minimum Gasteiger partial charge on any atom is -0.497 e. The van der Waals surface area contributed by atoms with Crippen molar-refractivity contribution in [3.8, 4) is 11.5 Å². The zero-order valence-electron chi connectivity index (χ0n) is 10.8. The summed E-state index contributed by atoms with van der Waals surface area (Å²) in [4.78, 5) is 12.6. The molecule has 1 aliphatic rings. The molecule has 18 heavy (non-hydrogen) atoms. The molecule has 1 fully saturated rings. The molecule has 0 saturated carbocycles. The van der Waals surface area contributed by atoms with Crippen molar-refractivity contribution in [3.63, 3.8) is 0 Å². The second-order valence-electron chi connectivity index (χ2n) is 4.38. The summed E-state index contributed by atoms with van der Waals surface area (Å²) < 4.78 is 10.6. The molecule has 1 amide bonds. The van der Waals surface area contributed by atoms with Gasteiger partial charge in [-0.3, -0.25) is 4.79 Å². The summed E-state index contributed by atoms with van der Waals surface area (Å²) in [6.07, 6.45) is 0. The van der Waals surface area contributed by atoms with E-state index in [1.54, 1.807) is 14.2 Å². The predicted molar refractivity (Wildman–Crippen MR) is 67.0 cm³/mol. The van der Waals surface area contributed by atoms with Gasteiger partial charge in [0.25, 0.3) is 5.91 Å². The van der Waals surface area contributed by atoms with E-state index in [9.17, 15) is 4.79 Å². The zero-order valence-corrected chi connectivity index (χ0v) is 10.8. The van der Waals surface area contributed by atoms with E-state index in [1.165, 1.54) is 4.90 Å². The van der Waals surface area contributed by atoms with Crippen LogP contribution in [0.25, 0.3) is 0 Å². The van der Waals surface area contributed by atoms with Crippen molar-refractivity contribution in [3.05, 3.63) is 23.8 Å². The van der Waals surface area contributed by atoms with Crippen LogP contribution in [-0.2, 0) is 11.3 Å². The lowest BCUT2D eigenvalue weighted by Gasteiger charge is -2.24. The molecule has 1 heterocycles. The largest absolute Gasteiger partial charge is 0.497 e. The van der Waals surface area contributed by atoms with E-state index in [-0.39, 0.29) is 5.91 Å². The summed E-state index contributed by atoms with van der Waals surface area (Å²) in [6, 6.07) is 5.75. The highest BCUT2D eigenvalue weighted by Gasteiger charge is 2.21. The molecule has 1 unspecified atom stereocenters. The fraction of sp³-hybridized carbons (Fsp3) is 0.462. The predicted octanol–water partition coefficient (Wildman–Crippen LogP) is -0.781. The van der Waals surface area contributed by atoms with Crippen LogP contribution in [0, 0.1) is 0 Å². The molecule has 1 aromatic rings. The third-order valence-corrected chi connectivity index (χ3v) is 3.14. The fourth-order valence-corrected chi connectivity index (χ4v) is 2.20. The molecule has 5 nitrogen and oxygen atoms in total. The van der Waals surface area contributed by atoms with Crippen LogP contribution in [-0.4, -0.2) is 39.8 Å². The average Bonchev–Trinajstić information content (AvgIpc) is 2.38. The maximum atomic E-state index is 11.4. The molecular formula is C13H19N2O3+. The monoisotopic (exact) mass is 251 g/mol. The number of quaternary nitrogens is 1. The number of hydrogen-bond donors (Lipinski definition) is 2. The van der Waals surface area contributed by atoms with Crippen LogP contribution < -0.4 is 19.7 Å². The molecule has 0 aromatic heterocycles. The van der Waals surface area contributed by atoms with Crippen LogP contribution >= 0.6 is 0 Å². The molecule has 0 bridgehead atoms. The Hall–Kier alpha value is -1.75. The van der Waals surface area contributed by atoms with Crippen LogP contribution in [0.2, 0.25) is 0 Å². The fourth-order valence-electron chi connectivity index (χ4n) is 2.20. The number of benzene rings is 1. The zero-order chi connectivity index (χ0) is 13.0. The van der Waals surface area contributed by atoms with Gasteiger partial charge in [0.15, 0.2) is 6.54 Å². The molecule has 98 valence electrons. The van der Waals surface area contributed by atoms with Gasteiger partial charge in [-0.2, -0.15) is 0 Å². The molecule has 1 aliphatic heterocycles. The van der Waals surface area contributed by atoms with E-state index in [2.05, 4.69) is 5.32 Å². The Labute approximate surface area is 107 Å². The average molecular weight is 251 g/mol. The second-order valence-corrected chi connectivity index (χ2v) is 4.38. The lowest BCUT2D eigenvalue weighted by Crippen LogP contribution is -3.14. The smallest absolute Gasteiger partial charge is 0.275 e. The first kappa shape index (κ1) is 12.7. The van der Waals surface area contributed by atoms with Gasteiger partial charge >= 0.3 is 0 Å². The number of carbonyl (C=O) groups is 1. The normalized spacial score (nSPS) is 19.2. The van der Waals surface area contributed by atoms with Crippen LogP contribution in [0.5, 0.6) is 11.5 Å². The molecule has 2 N–H and O–H groups in total. The third-order valence-electron chi connectivity index (χ3n) is 3.14. The molecule has 0 radical (unpaired) electrons. The minimum absolute atomic E-state index is 0.109. The summed E-state index contributed by atoms with van der Waals surface area (Å²) in [6.45, 7) is 2.96. The molecule has 1 saturated heterocycles. The number of ether oxygens (including phenoxy) is 2. The number of nitrogens with one attached hydrogen (secondary N) is 2. The van der Waals surface area contributed by atoms with Gasteiger partial charge in [-0.05, 0) is 18.2 Å². The first-order chi connectivity index (χ1) is 8.72. The Bertz CT molecular complexity index is 434. The number of carbonyl (C=O) groups excluding carboxylic acids is 1. The summed E-state index contributed by atoms with van der Waals surface area (Å²) in [5.41, 5.74) is 1.07. The molecule has 1 atom stereocenters. The van der Waals surface area contributed by atoms with Gasteiger partial charge in [0, 0.05) is 0 Å². The van der Waals surface area contributed by atoms with Gasteiger partial charge in [-0.1, -0.05) is 0 Å². The maximum absolute atomic E-state index is 11.4. The first-order valence-electron chi connectivity index (χ1n) is 6.04. The number of hydrogen-bond acceptors (Lipinski definition) is 3. The van der Waals surface area contributed by atoms with Crippen LogP contribution in [0.15, 0.2) is 18.2 Å². The van der Waals surface area contributed by atoms with Crippen molar-refractivity contribution in [2.75, 3.05) is 33.9 Å². The van der Waals surface area contributed by atoms with Crippen LogP contribution in [0.4, 0.5) is 0 Å². The van der Waals surface area contributed by atoms with E-state index in [4.69, 9.17) is 9.47 Å². The summed E-state index contributed by atoms with van der Waals surface area (Å²) in [5.74, 6) is 1.76. The van der Waals surface area contributed by atoms with Crippen molar-refractivity contribution < 1.29 is 19.2 Å². The van der Waals surface area contributed by atoms with Gasteiger partial charge in [0.2, 0.25) is 0 Å². The van der Waals surface area contributed by atoms with Crippen molar-refractivity contribution in [1.29, 1.82) is 0 Å². The van der Waals surface area contributed by atoms with Gasteiger partial charge in [-0.15, -0.1) is 0 Å². The standard InChI is InChI=1S/C13H18N2O3/c1-17-11-3-4-12(18-2)10(7-11)8-15-6-5-14-13(16)9-15/h3-4,7H,5-6,8-9H2,1-2H3,(H,14,16)/p+1. The van der Waals surface area contributed by atoms with Gasteiger partial charge in [0.05, 0.1) is 32.9 Å². The van der Waals surface area contributed by atoms with Crippen LogP contribution in [0.1, 0.15) is 5.56 Å². The topological polar surface area (TPSA) is 52.0 Å². The summed E-state index contributed by atoms with van der Waals surface area (Å²) >= 11 is 0. The highest BCUT2D eigenvalue weighted by atomic mass is 16.5. The molecule has 2 rings (SSSR count). The number of amides is 1. The van der Waals surface area contributed by atoms with Gasteiger partial charge < -0.3 is 19.7 Å². The number of rotatable bonds is 4. The van der Waals surface area contributed by atoms with Gasteiger partial charge in [-0.25, -0.2) is 0 Å². The van der Waals surface area contributed by atoms with Crippen molar-refractivity contribution in [1.82, 2.24) is 5.32 Å². The van der Waals surface area contributed by atoms with E-state index < -0.39 is 0 Å². The SMILES string of the molecule is COc1ccc(OC)c(C[NH+]2CCNC(=O)C2)c1. The van der Waals surface area contributed by atoms with E-state index in [1.807, 2.05) is 18.2 Å². The van der Waals surface area contributed by atoms with Crippen molar-refractivity contribution >= 4 is 5.91 Å². The molecule has 0 spiro atoms. The maximum Gasteiger partial charge on any atom is 0.275 e. The van der Waals surface area contributed by atoms with E-state index in [0.717, 1.165) is 36.7 Å². The second kappa shape index (κ2) is 5.73. The molecule has 1 aromatic carbocycles. The molecule has 5 heteroatoms. The summed E-state index contributed by atoms with van der Waals surface area (Å²) in [5, 5.41) is 2.83. The van der Waals surface area contributed by atoms with Crippen molar-refractivity contribution in [2.45, 2.75) is 6.54 Å².